The van der Waals surface area contributed by atoms with Gasteiger partial charge in [0.15, 0.2) is 0 Å². The van der Waals surface area contributed by atoms with Crippen LogP contribution in [-0.2, 0) is 11.2 Å². The van der Waals surface area contributed by atoms with Crippen LogP contribution in [0.1, 0.15) is 44.5 Å². The van der Waals surface area contributed by atoms with Crippen molar-refractivity contribution >= 4 is 11.3 Å². The van der Waals surface area contributed by atoms with E-state index in [0.717, 1.165) is 25.4 Å². The van der Waals surface area contributed by atoms with E-state index in [-0.39, 0.29) is 5.60 Å². The molecule has 2 rings (SSSR count). The number of ether oxygens (including phenoxy) is 1. The highest BCUT2D eigenvalue weighted by Crippen LogP contribution is 2.38. The van der Waals surface area contributed by atoms with Gasteiger partial charge in [0, 0.05) is 30.6 Å². The van der Waals surface area contributed by atoms with E-state index in [1.165, 1.54) is 24.3 Å². The van der Waals surface area contributed by atoms with Crippen molar-refractivity contribution in [2.24, 2.45) is 5.92 Å². The standard InChI is InChI=1S/C15H26N2OS/c1-4-18-15(7-5-6-12(2)11-15)13(16-3)10-14-17-8-9-19-14/h8-9,12-13,16H,4-7,10-11H2,1-3H3. The van der Waals surface area contributed by atoms with E-state index in [0.29, 0.717) is 6.04 Å². The van der Waals surface area contributed by atoms with Crippen molar-refractivity contribution in [3.63, 3.8) is 0 Å². The maximum absolute atomic E-state index is 6.26. The molecule has 1 heterocycles. The highest BCUT2D eigenvalue weighted by Gasteiger charge is 2.42. The molecule has 1 aliphatic carbocycles. The van der Waals surface area contributed by atoms with Gasteiger partial charge in [-0.1, -0.05) is 19.8 Å². The molecule has 1 aromatic rings. The second kappa shape index (κ2) is 6.82. The first-order chi connectivity index (χ1) is 9.20. The zero-order chi connectivity index (χ0) is 13.7. The van der Waals surface area contributed by atoms with E-state index >= 15 is 0 Å². The minimum absolute atomic E-state index is 0.00711. The fourth-order valence-corrected chi connectivity index (χ4v) is 4.12. The maximum atomic E-state index is 6.26. The van der Waals surface area contributed by atoms with Crippen LogP contribution in [0.2, 0.25) is 0 Å². The number of hydrogen-bond acceptors (Lipinski definition) is 4. The Bertz CT molecular complexity index is 364. The molecule has 1 saturated carbocycles. The first-order valence-electron chi connectivity index (χ1n) is 7.39. The molecule has 1 fully saturated rings. The van der Waals surface area contributed by atoms with Gasteiger partial charge in [0.05, 0.1) is 10.6 Å². The number of likely N-dealkylation sites (N-methyl/N-ethyl adjacent to an activating group) is 1. The van der Waals surface area contributed by atoms with Gasteiger partial charge in [-0.15, -0.1) is 11.3 Å². The van der Waals surface area contributed by atoms with Gasteiger partial charge in [-0.3, -0.25) is 0 Å². The Morgan fingerprint density at radius 2 is 2.47 bits per heavy atom. The molecule has 0 amide bonds. The smallest absolute Gasteiger partial charge is 0.0941 e. The number of hydrogen-bond donors (Lipinski definition) is 1. The predicted molar refractivity (Wildman–Crippen MR) is 80.7 cm³/mol. The van der Waals surface area contributed by atoms with E-state index < -0.39 is 0 Å². The summed E-state index contributed by atoms with van der Waals surface area (Å²) in [6.45, 7) is 5.25. The average Bonchev–Trinajstić information content (AvgIpc) is 2.89. The number of nitrogens with one attached hydrogen (secondary N) is 1. The zero-order valence-electron chi connectivity index (χ0n) is 12.3. The van der Waals surface area contributed by atoms with Crippen LogP contribution in [0.3, 0.4) is 0 Å². The first-order valence-corrected chi connectivity index (χ1v) is 8.27. The molecule has 0 aliphatic heterocycles. The summed E-state index contributed by atoms with van der Waals surface area (Å²) in [7, 11) is 2.05. The number of thiazole rings is 1. The molecule has 3 nitrogen and oxygen atoms in total. The minimum Gasteiger partial charge on any atom is -0.374 e. The van der Waals surface area contributed by atoms with Gasteiger partial charge in [-0.2, -0.15) is 0 Å². The SMILES string of the molecule is CCOC1(C(Cc2nccs2)NC)CCCC(C)C1. The fourth-order valence-electron chi connectivity index (χ4n) is 3.46. The quantitative estimate of drug-likeness (QED) is 0.869. The highest BCUT2D eigenvalue weighted by atomic mass is 32.1. The molecule has 0 saturated heterocycles. The van der Waals surface area contributed by atoms with E-state index in [1.807, 2.05) is 6.20 Å². The molecular weight excluding hydrogens is 256 g/mol. The molecule has 4 heteroatoms. The Morgan fingerprint density at radius 3 is 3.05 bits per heavy atom. The molecule has 1 aromatic heterocycles. The topological polar surface area (TPSA) is 34.1 Å². The Morgan fingerprint density at radius 1 is 1.63 bits per heavy atom. The maximum Gasteiger partial charge on any atom is 0.0941 e. The molecule has 1 N–H and O–H groups in total. The Kier molecular flexibility index (Phi) is 5.37. The lowest BCUT2D eigenvalue weighted by atomic mass is 9.73. The first kappa shape index (κ1) is 14.9. The second-order valence-corrected chi connectivity index (χ2v) is 6.65. The summed E-state index contributed by atoms with van der Waals surface area (Å²) in [5.74, 6) is 0.757. The number of aromatic nitrogens is 1. The van der Waals surface area contributed by atoms with Crippen molar-refractivity contribution in [3.05, 3.63) is 16.6 Å². The van der Waals surface area contributed by atoms with Gasteiger partial charge in [-0.25, -0.2) is 4.98 Å². The van der Waals surface area contributed by atoms with Crippen LogP contribution >= 0.6 is 11.3 Å². The second-order valence-electron chi connectivity index (χ2n) is 5.67. The highest BCUT2D eigenvalue weighted by molar-refractivity contribution is 7.09. The summed E-state index contributed by atoms with van der Waals surface area (Å²) in [5, 5.41) is 6.76. The van der Waals surface area contributed by atoms with Crippen molar-refractivity contribution in [3.8, 4) is 0 Å². The molecule has 3 atom stereocenters. The Balaban J connectivity index is 2.14. The van der Waals surface area contributed by atoms with Crippen molar-refractivity contribution in [1.29, 1.82) is 0 Å². The van der Waals surface area contributed by atoms with Gasteiger partial charge in [0.1, 0.15) is 0 Å². The van der Waals surface area contributed by atoms with E-state index in [2.05, 4.69) is 36.6 Å². The molecule has 19 heavy (non-hydrogen) atoms. The summed E-state index contributed by atoms with van der Waals surface area (Å²) >= 11 is 1.74. The summed E-state index contributed by atoms with van der Waals surface area (Å²) in [4.78, 5) is 4.43. The molecule has 0 bridgehead atoms. The molecule has 0 radical (unpaired) electrons. The van der Waals surface area contributed by atoms with E-state index in [9.17, 15) is 0 Å². The van der Waals surface area contributed by atoms with Crippen LogP contribution in [-0.4, -0.2) is 30.3 Å². The Hall–Kier alpha value is -0.450. The molecule has 108 valence electrons. The molecule has 1 aliphatic rings. The van der Waals surface area contributed by atoms with E-state index in [4.69, 9.17) is 4.74 Å². The molecule has 3 unspecified atom stereocenters. The lowest BCUT2D eigenvalue weighted by Crippen LogP contribution is -2.55. The lowest BCUT2D eigenvalue weighted by molar-refractivity contribution is -0.0988. The van der Waals surface area contributed by atoms with Crippen molar-refractivity contribution in [2.45, 2.75) is 57.6 Å². The van der Waals surface area contributed by atoms with Gasteiger partial charge < -0.3 is 10.1 Å². The van der Waals surface area contributed by atoms with Crippen LogP contribution < -0.4 is 5.32 Å². The van der Waals surface area contributed by atoms with Crippen LogP contribution in [0, 0.1) is 5.92 Å². The zero-order valence-corrected chi connectivity index (χ0v) is 13.1. The minimum atomic E-state index is -0.00711. The third-order valence-corrected chi connectivity index (χ3v) is 5.07. The monoisotopic (exact) mass is 282 g/mol. The summed E-state index contributed by atoms with van der Waals surface area (Å²) in [6.07, 6.45) is 7.81. The van der Waals surface area contributed by atoms with Gasteiger partial charge in [0.2, 0.25) is 0 Å². The average molecular weight is 282 g/mol. The summed E-state index contributed by atoms with van der Waals surface area (Å²) in [6, 6.07) is 0.362. The Labute approximate surface area is 120 Å². The molecule has 0 aromatic carbocycles. The van der Waals surface area contributed by atoms with Crippen LogP contribution in [0.5, 0.6) is 0 Å². The van der Waals surface area contributed by atoms with Gasteiger partial charge >= 0.3 is 0 Å². The van der Waals surface area contributed by atoms with Crippen molar-refractivity contribution in [1.82, 2.24) is 10.3 Å². The fraction of sp³-hybridized carbons (Fsp3) is 0.800. The third-order valence-electron chi connectivity index (χ3n) is 4.27. The van der Waals surface area contributed by atoms with Crippen LogP contribution in [0.25, 0.3) is 0 Å². The van der Waals surface area contributed by atoms with Crippen molar-refractivity contribution < 1.29 is 4.74 Å². The lowest BCUT2D eigenvalue weighted by Gasteiger charge is -2.45. The van der Waals surface area contributed by atoms with Crippen LogP contribution in [0.4, 0.5) is 0 Å². The molecule has 0 spiro atoms. The van der Waals surface area contributed by atoms with Crippen LogP contribution in [0.15, 0.2) is 11.6 Å². The largest absolute Gasteiger partial charge is 0.374 e. The predicted octanol–water partition coefficient (Wildman–Crippen LogP) is 3.26. The third kappa shape index (κ3) is 3.56. The normalized spacial score (nSPS) is 29.3. The number of nitrogens with zero attached hydrogens (tertiary/aromatic N) is 1. The van der Waals surface area contributed by atoms with Gasteiger partial charge in [0.25, 0.3) is 0 Å². The van der Waals surface area contributed by atoms with E-state index in [1.54, 1.807) is 11.3 Å². The molecular formula is C15H26N2OS. The summed E-state index contributed by atoms with van der Waals surface area (Å²) in [5.41, 5.74) is -0.00711. The van der Waals surface area contributed by atoms with Crippen molar-refractivity contribution in [2.75, 3.05) is 13.7 Å². The van der Waals surface area contributed by atoms with Gasteiger partial charge in [-0.05, 0) is 32.7 Å². The number of rotatable bonds is 6. The summed E-state index contributed by atoms with van der Waals surface area (Å²) < 4.78 is 6.26.